The van der Waals surface area contributed by atoms with E-state index in [0.29, 0.717) is 12.9 Å². The van der Waals surface area contributed by atoms with Gasteiger partial charge in [0.25, 0.3) is 0 Å². The molecular weight excluding hydrogens is 154 g/mol. The fraction of sp³-hybridized carbons (Fsp3) is 0. The minimum Gasteiger partial charge on any atom is 0.316 e. The zero-order valence-corrected chi connectivity index (χ0v) is 3.64. The molecule has 4 heteroatoms. The van der Waals surface area contributed by atoms with Gasteiger partial charge in [0, 0.05) is 0 Å². The molecule has 0 bridgehead atoms. The molecule has 0 heterocycles. The molecule has 0 saturated carbocycles. The molecule has 0 saturated heterocycles. The van der Waals surface area contributed by atoms with E-state index in [1.165, 1.54) is 0 Å². The van der Waals surface area contributed by atoms with Crippen LogP contribution in [0.2, 0.25) is 0 Å². The van der Waals surface area contributed by atoms with Crippen molar-refractivity contribution in [3.05, 3.63) is 0 Å². The fourth-order valence-corrected chi connectivity index (χ4v) is 0. The minimum absolute atomic E-state index is 0. The smallest absolute Gasteiger partial charge is 0.316 e. The summed E-state index contributed by atoms with van der Waals surface area (Å²) in [4.78, 5) is 0. The van der Waals surface area contributed by atoms with Crippen molar-refractivity contribution < 1.29 is 12.9 Å². The molecule has 0 aromatic rings. The molecule has 0 aromatic heterocycles. The van der Waals surface area contributed by atoms with E-state index in [-0.39, 0.29) is 23.1 Å². The molecule has 0 amide bonds. The van der Waals surface area contributed by atoms with Crippen LogP contribution in [0.3, 0.4) is 0 Å². The van der Waals surface area contributed by atoms with Crippen LogP contribution in [0.1, 0.15) is 0 Å². The molecule has 0 spiro atoms. The third-order valence-corrected chi connectivity index (χ3v) is 0. The van der Waals surface area contributed by atoms with Crippen LogP contribution in [0.4, 0.5) is 0 Å². The average molecular weight is 156 g/mol. The Morgan fingerprint density at radius 1 is 1.25 bits per heavy atom. The monoisotopic (exact) mass is 155 g/mol. The van der Waals surface area contributed by atoms with Crippen LogP contribution in [0.15, 0.2) is 0 Å². The number of hydrogen-bond acceptors (Lipinski definition) is 0. The Morgan fingerprint density at radius 2 is 1.25 bits per heavy atom. The summed E-state index contributed by atoms with van der Waals surface area (Å²) in [6.45, 7) is 0. The van der Waals surface area contributed by atoms with Gasteiger partial charge in [0.2, 0.25) is 0 Å². The minimum atomic E-state index is 0. The molecule has 0 aromatic carbocycles. The summed E-state index contributed by atoms with van der Waals surface area (Å²) in [5, 5.41) is 0. The molecule has 0 aliphatic carbocycles. The second kappa shape index (κ2) is 8.85. The van der Waals surface area contributed by atoms with E-state index in [9.17, 15) is 0 Å². The standard InChI is InChI=1S/2ClH.Co.Mg.2H/h2*1H;;;;/q;;+2;;;/p-2. The summed E-state index contributed by atoms with van der Waals surface area (Å²) in [5.74, 6) is 0. The van der Waals surface area contributed by atoms with Crippen LogP contribution in [0.25, 0.3) is 0 Å². The Labute approximate surface area is 55.9 Å². The first kappa shape index (κ1) is 9.29. The van der Waals surface area contributed by atoms with Gasteiger partial charge >= 0.3 is 56.2 Å². The van der Waals surface area contributed by atoms with Crippen molar-refractivity contribution in [3.8, 4) is 0 Å². The van der Waals surface area contributed by atoms with E-state index in [1.807, 2.05) is 0 Å². The van der Waals surface area contributed by atoms with Crippen LogP contribution >= 0.6 is 20.3 Å². The van der Waals surface area contributed by atoms with Gasteiger partial charge in [-0.05, 0) is 0 Å². The largest absolute Gasteiger partial charge is 0.316 e. The molecule has 0 radical (unpaired) electrons. The van der Waals surface area contributed by atoms with Gasteiger partial charge in [-0.2, -0.15) is 0 Å². The van der Waals surface area contributed by atoms with Gasteiger partial charge in [-0.15, -0.1) is 0 Å². The van der Waals surface area contributed by atoms with E-state index in [0.717, 1.165) is 0 Å². The molecule has 0 atom stereocenters. The summed E-state index contributed by atoms with van der Waals surface area (Å²) < 4.78 is 0. The summed E-state index contributed by atoms with van der Waals surface area (Å²) in [6.07, 6.45) is 0. The molecule has 0 aliphatic heterocycles. The van der Waals surface area contributed by atoms with Crippen molar-refractivity contribution in [3.63, 3.8) is 0 Å². The van der Waals surface area contributed by atoms with Crippen LogP contribution < -0.4 is 0 Å². The molecule has 0 N–H and O–H groups in total. The number of halogens is 2. The quantitative estimate of drug-likeness (QED) is 0.447. The average Bonchev–Trinajstić information content (AvgIpc) is 0.918. The molecular formula is H2Cl2CoMg. The first-order valence-corrected chi connectivity index (χ1v) is 3.12. The zero-order valence-electron chi connectivity index (χ0n) is 1.09. The summed E-state index contributed by atoms with van der Waals surface area (Å²) in [7, 11) is 9.47. The van der Waals surface area contributed by atoms with E-state index in [4.69, 9.17) is 20.3 Å². The summed E-state index contributed by atoms with van der Waals surface area (Å²) in [5.41, 5.74) is 0. The topological polar surface area (TPSA) is 0 Å². The molecule has 0 fully saturated rings. The van der Waals surface area contributed by atoms with E-state index < -0.39 is 0 Å². The van der Waals surface area contributed by atoms with E-state index in [2.05, 4.69) is 0 Å². The van der Waals surface area contributed by atoms with Gasteiger partial charge in [0.1, 0.15) is 0 Å². The third kappa shape index (κ3) is 9.13. The third-order valence-electron chi connectivity index (χ3n) is 0. The van der Waals surface area contributed by atoms with Crippen LogP contribution in [-0.2, 0) is 12.9 Å². The van der Waals surface area contributed by atoms with Crippen LogP contribution in [0, 0.1) is 0 Å². The van der Waals surface area contributed by atoms with Crippen molar-refractivity contribution in [2.24, 2.45) is 0 Å². The maximum absolute atomic E-state index is 4.73. The normalized spacial score (nSPS) is 5.50. The van der Waals surface area contributed by atoms with E-state index in [1.54, 1.807) is 0 Å². The second-order valence-electron chi connectivity index (χ2n) is 0.0476. The van der Waals surface area contributed by atoms with Crippen LogP contribution in [0.5, 0.6) is 0 Å². The Balaban J connectivity index is 0. The van der Waals surface area contributed by atoms with Gasteiger partial charge in [-0.1, -0.05) is 0 Å². The SMILES string of the molecule is [Cl][Co][Cl].[MgH2]. The Hall–Kier alpha value is 1.85. The first-order chi connectivity index (χ1) is 1.41. The molecule has 0 unspecified atom stereocenters. The molecule has 4 heavy (non-hydrogen) atoms. The van der Waals surface area contributed by atoms with Crippen molar-refractivity contribution in [2.45, 2.75) is 0 Å². The molecule has 0 rings (SSSR count). The molecule has 27 valence electrons. The van der Waals surface area contributed by atoms with Crippen molar-refractivity contribution >= 4 is 43.3 Å². The summed E-state index contributed by atoms with van der Waals surface area (Å²) >= 11 is 0.382. The van der Waals surface area contributed by atoms with Gasteiger partial charge in [-0.25, -0.2) is 0 Å². The van der Waals surface area contributed by atoms with Crippen LogP contribution in [-0.4, -0.2) is 23.1 Å². The first-order valence-electron chi connectivity index (χ1n) is 0.252. The van der Waals surface area contributed by atoms with Gasteiger partial charge < -0.3 is 0 Å². The van der Waals surface area contributed by atoms with Gasteiger partial charge in [-0.3, -0.25) is 0 Å². The number of hydrogen-bond donors (Lipinski definition) is 0. The Kier molecular flexibility index (Phi) is 20.5. The number of rotatable bonds is 0. The Bertz CT molecular complexity index is 6.00. The zero-order chi connectivity index (χ0) is 2.71. The van der Waals surface area contributed by atoms with Gasteiger partial charge in [0.15, 0.2) is 0 Å². The van der Waals surface area contributed by atoms with Gasteiger partial charge in [0.05, 0.1) is 0 Å². The Morgan fingerprint density at radius 3 is 1.25 bits per heavy atom. The summed E-state index contributed by atoms with van der Waals surface area (Å²) in [6, 6.07) is 0. The molecule has 0 nitrogen and oxygen atoms in total. The second-order valence-corrected chi connectivity index (χ2v) is 1.77. The van der Waals surface area contributed by atoms with Crippen molar-refractivity contribution in [1.82, 2.24) is 0 Å². The maximum Gasteiger partial charge on any atom is 0.316 e. The fourth-order valence-electron chi connectivity index (χ4n) is 0. The predicted molar refractivity (Wildman–Crippen MR) is 20.2 cm³/mol. The predicted octanol–water partition coefficient (Wildman–Crippen LogP) is 0.460. The van der Waals surface area contributed by atoms with Crippen molar-refractivity contribution in [1.29, 1.82) is 0 Å². The maximum atomic E-state index is 4.73. The van der Waals surface area contributed by atoms with Crippen molar-refractivity contribution in [2.75, 3.05) is 0 Å². The molecule has 0 aliphatic rings. The van der Waals surface area contributed by atoms with E-state index >= 15 is 0 Å².